The average molecular weight is 494 g/mol. The van der Waals surface area contributed by atoms with Gasteiger partial charge in [0.2, 0.25) is 0 Å². The predicted octanol–water partition coefficient (Wildman–Crippen LogP) is 7.12. The molecule has 0 saturated heterocycles. The van der Waals surface area contributed by atoms with E-state index >= 15 is 0 Å². The number of hydrogen-bond acceptors (Lipinski definition) is 3. The summed E-state index contributed by atoms with van der Waals surface area (Å²) in [6, 6.07) is 5.97. The Morgan fingerprint density at radius 3 is 2.69 bits per heavy atom. The zero-order valence-electron chi connectivity index (χ0n) is 16.3. The van der Waals surface area contributed by atoms with Crippen molar-refractivity contribution < 1.29 is 0 Å². The third-order valence-electron chi connectivity index (χ3n) is 5.47. The maximum Gasteiger partial charge on any atom is 0.151 e. The minimum Gasteiger partial charge on any atom is -0.349 e. The molecule has 29 heavy (non-hydrogen) atoms. The number of hydrogen-bond donors (Lipinski definition) is 0. The van der Waals surface area contributed by atoms with Crippen molar-refractivity contribution in [3.8, 4) is 5.69 Å². The van der Waals surface area contributed by atoms with Crippen molar-refractivity contribution in [1.82, 2.24) is 14.5 Å². The molecule has 0 spiro atoms. The molecule has 2 aromatic heterocycles. The van der Waals surface area contributed by atoms with Gasteiger partial charge in [0.1, 0.15) is 11.6 Å². The third-order valence-corrected chi connectivity index (χ3v) is 6.61. The van der Waals surface area contributed by atoms with Gasteiger partial charge < -0.3 is 4.90 Å². The zero-order chi connectivity index (χ0) is 20.5. The van der Waals surface area contributed by atoms with E-state index < -0.39 is 0 Å². The van der Waals surface area contributed by atoms with Crippen molar-refractivity contribution in [3.63, 3.8) is 0 Å². The van der Waals surface area contributed by atoms with Gasteiger partial charge in [-0.1, -0.05) is 48.5 Å². The summed E-state index contributed by atoms with van der Waals surface area (Å²) in [5.41, 5.74) is 1.66. The minimum atomic E-state index is 0.466. The first-order valence-electron chi connectivity index (χ1n) is 9.87. The van der Waals surface area contributed by atoms with E-state index in [2.05, 4.69) is 27.4 Å². The summed E-state index contributed by atoms with van der Waals surface area (Å²) in [4.78, 5) is 12.0. The van der Waals surface area contributed by atoms with Crippen LogP contribution in [0.15, 0.2) is 41.5 Å². The summed E-state index contributed by atoms with van der Waals surface area (Å²) < 4.78 is 2.95. The molecule has 0 amide bonds. The van der Waals surface area contributed by atoms with Crippen molar-refractivity contribution in [2.75, 3.05) is 11.4 Å². The number of aryl methyl sites for hydroxylation is 1. The number of aromatic nitrogens is 3. The molecule has 152 valence electrons. The molecule has 1 fully saturated rings. The lowest BCUT2D eigenvalue weighted by molar-refractivity contribution is 0.420. The average Bonchev–Trinajstić information content (AvgIpc) is 3.02. The quantitative estimate of drug-likeness (QED) is 0.354. The first-order valence-corrected chi connectivity index (χ1v) is 11.4. The zero-order valence-corrected chi connectivity index (χ0v) is 19.4. The van der Waals surface area contributed by atoms with Gasteiger partial charge in [-0.25, -0.2) is 9.97 Å². The molecule has 0 aliphatic heterocycles. The van der Waals surface area contributed by atoms with Gasteiger partial charge in [-0.2, -0.15) is 0 Å². The van der Waals surface area contributed by atoms with Gasteiger partial charge in [0, 0.05) is 28.3 Å². The molecule has 2 heterocycles. The summed E-state index contributed by atoms with van der Waals surface area (Å²) in [7, 11) is 0. The van der Waals surface area contributed by atoms with Crippen LogP contribution in [0.4, 0.5) is 5.82 Å². The second kappa shape index (κ2) is 8.66. The maximum atomic E-state index is 6.50. The van der Waals surface area contributed by atoms with E-state index in [0.717, 1.165) is 39.4 Å². The molecule has 1 aliphatic carbocycles. The summed E-state index contributed by atoms with van der Waals surface area (Å²) in [5, 5.41) is 2.18. The standard InChI is InChI=1S/C22H23BrCl2N4/c1-3-11-28(16-7-5-4-6-8-16)21-20-17(23)13-29(22(20)27-14(2)26-21)19-10-9-15(24)12-18(19)25/h3,9-10,12-13,16H,1,4-8,11H2,2H3. The summed E-state index contributed by atoms with van der Waals surface area (Å²) in [5.74, 6) is 1.68. The SMILES string of the molecule is C=CCN(c1nc(C)nc2c1c(Br)cn2-c1ccc(Cl)cc1Cl)C1CCCCC1. The fourth-order valence-corrected chi connectivity index (χ4v) is 5.24. The Morgan fingerprint density at radius 1 is 1.24 bits per heavy atom. The Labute approximate surface area is 189 Å². The van der Waals surface area contributed by atoms with E-state index in [0.29, 0.717) is 16.1 Å². The lowest BCUT2D eigenvalue weighted by Gasteiger charge is -2.35. The predicted molar refractivity (Wildman–Crippen MR) is 126 cm³/mol. The highest BCUT2D eigenvalue weighted by Crippen LogP contribution is 2.38. The molecule has 1 aliphatic rings. The molecule has 0 N–H and O–H groups in total. The van der Waals surface area contributed by atoms with Crippen LogP contribution in [0.1, 0.15) is 37.9 Å². The van der Waals surface area contributed by atoms with Crippen molar-refractivity contribution >= 4 is 56.0 Å². The molecule has 4 rings (SSSR count). The number of halogens is 3. The van der Waals surface area contributed by atoms with Gasteiger partial charge in [0.25, 0.3) is 0 Å². The Bertz CT molecular complexity index is 1060. The van der Waals surface area contributed by atoms with Crippen LogP contribution < -0.4 is 4.90 Å². The van der Waals surface area contributed by atoms with Gasteiger partial charge in [-0.15, -0.1) is 6.58 Å². The molecule has 1 saturated carbocycles. The lowest BCUT2D eigenvalue weighted by Crippen LogP contribution is -2.37. The number of fused-ring (bicyclic) bond motifs is 1. The number of rotatable bonds is 5. The largest absolute Gasteiger partial charge is 0.349 e. The summed E-state index contributed by atoms with van der Waals surface area (Å²) in [6.45, 7) is 6.68. The molecule has 7 heteroatoms. The highest BCUT2D eigenvalue weighted by Gasteiger charge is 2.26. The van der Waals surface area contributed by atoms with Crippen LogP contribution in [0.3, 0.4) is 0 Å². The number of benzene rings is 1. The smallest absolute Gasteiger partial charge is 0.151 e. The minimum absolute atomic E-state index is 0.466. The van der Waals surface area contributed by atoms with Crippen LogP contribution >= 0.6 is 39.1 Å². The lowest BCUT2D eigenvalue weighted by atomic mass is 9.94. The second-order valence-corrected chi connectivity index (χ2v) is 9.17. The van der Waals surface area contributed by atoms with E-state index in [-0.39, 0.29) is 0 Å². The maximum absolute atomic E-state index is 6.50. The van der Waals surface area contributed by atoms with Crippen molar-refractivity contribution in [2.45, 2.75) is 45.1 Å². The molecule has 0 atom stereocenters. The van der Waals surface area contributed by atoms with E-state index in [9.17, 15) is 0 Å². The van der Waals surface area contributed by atoms with Crippen molar-refractivity contribution in [2.24, 2.45) is 0 Å². The third kappa shape index (κ3) is 4.05. The molecule has 1 aromatic carbocycles. The van der Waals surface area contributed by atoms with Crippen LogP contribution in [-0.4, -0.2) is 27.1 Å². The Kier molecular flexibility index (Phi) is 6.19. The van der Waals surface area contributed by atoms with Crippen LogP contribution in [-0.2, 0) is 0 Å². The monoisotopic (exact) mass is 492 g/mol. The highest BCUT2D eigenvalue weighted by molar-refractivity contribution is 9.10. The van der Waals surface area contributed by atoms with Gasteiger partial charge >= 0.3 is 0 Å². The molecule has 0 bridgehead atoms. The van der Waals surface area contributed by atoms with E-state index in [4.69, 9.17) is 33.2 Å². The number of nitrogens with zero attached hydrogens (tertiary/aromatic N) is 4. The number of anilines is 1. The van der Waals surface area contributed by atoms with Crippen molar-refractivity contribution in [1.29, 1.82) is 0 Å². The Morgan fingerprint density at radius 2 is 2.00 bits per heavy atom. The second-order valence-electron chi connectivity index (χ2n) is 7.47. The van der Waals surface area contributed by atoms with Crippen LogP contribution in [0.2, 0.25) is 10.0 Å². The molecular weight excluding hydrogens is 471 g/mol. The van der Waals surface area contributed by atoms with Crippen LogP contribution in [0.5, 0.6) is 0 Å². The van der Waals surface area contributed by atoms with Gasteiger partial charge in [-0.05, 0) is 53.9 Å². The Balaban J connectivity index is 1.91. The molecule has 0 unspecified atom stereocenters. The Hall–Kier alpha value is -1.56. The van der Waals surface area contributed by atoms with E-state index in [1.54, 1.807) is 6.07 Å². The van der Waals surface area contributed by atoms with Crippen LogP contribution in [0.25, 0.3) is 16.7 Å². The highest BCUT2D eigenvalue weighted by atomic mass is 79.9. The normalized spacial score (nSPS) is 15.0. The van der Waals surface area contributed by atoms with Gasteiger partial charge in [-0.3, -0.25) is 4.57 Å². The topological polar surface area (TPSA) is 34.0 Å². The van der Waals surface area contributed by atoms with Crippen LogP contribution in [0, 0.1) is 6.92 Å². The fraction of sp³-hybridized carbons (Fsp3) is 0.364. The van der Waals surface area contributed by atoms with Gasteiger partial charge in [0.05, 0.1) is 16.1 Å². The van der Waals surface area contributed by atoms with E-state index in [1.807, 2.05) is 35.9 Å². The first-order chi connectivity index (χ1) is 14.0. The molecule has 4 nitrogen and oxygen atoms in total. The molecular formula is C22H23BrCl2N4. The van der Waals surface area contributed by atoms with Gasteiger partial charge in [0.15, 0.2) is 5.65 Å². The summed E-state index contributed by atoms with van der Waals surface area (Å²) in [6.07, 6.45) is 10.1. The first kappa shape index (κ1) is 20.7. The van der Waals surface area contributed by atoms with E-state index in [1.165, 1.54) is 32.1 Å². The van der Waals surface area contributed by atoms with Crippen molar-refractivity contribution in [3.05, 3.63) is 57.4 Å². The fourth-order valence-electron chi connectivity index (χ4n) is 4.18. The molecule has 3 aromatic rings. The molecule has 0 radical (unpaired) electrons. The summed E-state index contributed by atoms with van der Waals surface area (Å²) >= 11 is 16.3.